The number of hydrogen-bond donors (Lipinski definition) is 0. The average Bonchev–Trinajstić information content (AvgIpc) is 3.85. The van der Waals surface area contributed by atoms with Crippen molar-refractivity contribution in [3.63, 3.8) is 0 Å². The average molecular weight is 644 g/mol. The normalized spacial score (nSPS) is 14.1. The standard InChI is InChI=1S/C39H25N5O5/c1-3-42-32-7-5-4-6-26(32)29-20-25(14-17-33(29)42)43-35(45)27-15-12-23(18-30(27)37(43)47)24-13-16-28-31(19-24)38(48)44(36(28)46)39-41-40-34(49-39)22-10-8-21(2)9-11-22/h4-20H,3H2,1-2H3. The quantitative estimate of drug-likeness (QED) is 0.179. The number of benzene rings is 5. The van der Waals surface area contributed by atoms with Gasteiger partial charge in [0, 0.05) is 33.9 Å². The molecule has 5 aromatic carbocycles. The lowest BCUT2D eigenvalue weighted by Gasteiger charge is -2.14. The summed E-state index contributed by atoms with van der Waals surface area (Å²) in [5.74, 6) is -1.82. The fourth-order valence-electron chi connectivity index (χ4n) is 6.89. The maximum absolute atomic E-state index is 13.8. The Morgan fingerprint density at radius 2 is 1.16 bits per heavy atom. The Kier molecular flexibility index (Phi) is 6.06. The van der Waals surface area contributed by atoms with Crippen molar-refractivity contribution in [2.45, 2.75) is 20.4 Å². The minimum Gasteiger partial charge on any atom is -0.403 e. The molecule has 0 radical (unpaired) electrons. The molecule has 2 aromatic heterocycles. The second kappa shape index (κ2) is 10.4. The summed E-state index contributed by atoms with van der Waals surface area (Å²) in [6, 6.07) is 30.8. The molecule has 0 bridgehead atoms. The molecule has 2 aliphatic heterocycles. The van der Waals surface area contributed by atoms with Crippen LogP contribution in [0, 0.1) is 6.92 Å². The molecule has 0 atom stereocenters. The molecule has 0 saturated carbocycles. The van der Waals surface area contributed by atoms with E-state index in [9.17, 15) is 19.2 Å². The molecule has 0 fully saturated rings. The van der Waals surface area contributed by atoms with Crippen molar-refractivity contribution in [2.75, 3.05) is 9.80 Å². The number of rotatable bonds is 5. The molecule has 7 aromatic rings. The Hall–Kier alpha value is -6.68. The number of imide groups is 2. The summed E-state index contributed by atoms with van der Waals surface area (Å²) >= 11 is 0. The maximum Gasteiger partial charge on any atom is 0.332 e. The molecule has 0 spiro atoms. The predicted octanol–water partition coefficient (Wildman–Crippen LogP) is 7.44. The topological polar surface area (TPSA) is 119 Å². The molecule has 4 amide bonds. The summed E-state index contributed by atoms with van der Waals surface area (Å²) in [5, 5.41) is 10.0. The Balaban J connectivity index is 1.03. The van der Waals surface area contributed by atoms with Gasteiger partial charge in [0.1, 0.15) is 0 Å². The number of para-hydroxylation sites is 1. The smallest absolute Gasteiger partial charge is 0.332 e. The maximum atomic E-state index is 13.8. The summed E-state index contributed by atoms with van der Waals surface area (Å²) in [6.45, 7) is 4.83. The van der Waals surface area contributed by atoms with Crippen LogP contribution in [0.1, 0.15) is 53.9 Å². The fourth-order valence-corrected chi connectivity index (χ4v) is 6.89. The van der Waals surface area contributed by atoms with Gasteiger partial charge in [-0.2, -0.15) is 4.90 Å². The third-order valence-electron chi connectivity index (χ3n) is 9.34. The van der Waals surface area contributed by atoms with Crippen molar-refractivity contribution in [2.24, 2.45) is 0 Å². The van der Waals surface area contributed by atoms with Gasteiger partial charge in [-0.05, 0) is 85.6 Å². The number of hydrogen-bond acceptors (Lipinski definition) is 7. The van der Waals surface area contributed by atoms with Crippen LogP contribution in [0.5, 0.6) is 0 Å². The number of carbonyl (C=O) groups excluding carboxylic acids is 4. The van der Waals surface area contributed by atoms with E-state index in [2.05, 4.69) is 27.8 Å². The lowest BCUT2D eigenvalue weighted by atomic mass is 9.97. The van der Waals surface area contributed by atoms with E-state index in [0.717, 1.165) is 38.8 Å². The molecule has 236 valence electrons. The third kappa shape index (κ3) is 4.13. The summed E-state index contributed by atoms with van der Waals surface area (Å²) < 4.78 is 7.95. The number of amides is 4. The van der Waals surface area contributed by atoms with Gasteiger partial charge in [-0.15, -0.1) is 5.10 Å². The van der Waals surface area contributed by atoms with Crippen molar-refractivity contribution < 1.29 is 23.6 Å². The minimum absolute atomic E-state index is 0.168. The van der Waals surface area contributed by atoms with Crippen LogP contribution in [0.15, 0.2) is 108 Å². The van der Waals surface area contributed by atoms with E-state index in [-0.39, 0.29) is 28.6 Å². The Bertz CT molecular complexity index is 2600. The Morgan fingerprint density at radius 3 is 1.86 bits per heavy atom. The first kappa shape index (κ1) is 28.5. The Morgan fingerprint density at radius 1 is 0.571 bits per heavy atom. The van der Waals surface area contributed by atoms with Gasteiger partial charge in [-0.3, -0.25) is 19.2 Å². The Labute approximate surface area is 278 Å². The largest absolute Gasteiger partial charge is 0.403 e. The van der Waals surface area contributed by atoms with E-state index in [1.807, 2.05) is 61.5 Å². The lowest BCUT2D eigenvalue weighted by Crippen LogP contribution is -2.29. The molecule has 0 saturated heterocycles. The highest BCUT2D eigenvalue weighted by Gasteiger charge is 2.41. The van der Waals surface area contributed by atoms with Crippen LogP contribution in [0.25, 0.3) is 44.4 Å². The molecule has 9 rings (SSSR count). The molecular formula is C39H25N5O5. The summed E-state index contributed by atoms with van der Waals surface area (Å²) in [4.78, 5) is 56.4. The van der Waals surface area contributed by atoms with Gasteiger partial charge in [0.2, 0.25) is 5.89 Å². The van der Waals surface area contributed by atoms with E-state index in [0.29, 0.717) is 27.9 Å². The van der Waals surface area contributed by atoms with Gasteiger partial charge in [-0.25, -0.2) is 4.90 Å². The zero-order chi connectivity index (χ0) is 33.6. The van der Waals surface area contributed by atoms with Crippen molar-refractivity contribution in [1.29, 1.82) is 0 Å². The van der Waals surface area contributed by atoms with E-state index < -0.39 is 23.6 Å². The minimum atomic E-state index is -0.598. The van der Waals surface area contributed by atoms with Crippen molar-refractivity contribution in [3.8, 4) is 22.6 Å². The predicted molar refractivity (Wildman–Crippen MR) is 184 cm³/mol. The molecule has 0 aliphatic carbocycles. The number of nitrogens with zero attached hydrogens (tertiary/aromatic N) is 5. The summed E-state index contributed by atoms with van der Waals surface area (Å²) in [6.07, 6.45) is 0. The van der Waals surface area contributed by atoms with Gasteiger partial charge >= 0.3 is 6.01 Å². The molecule has 0 N–H and O–H groups in total. The van der Waals surface area contributed by atoms with Gasteiger partial charge < -0.3 is 8.98 Å². The first-order valence-electron chi connectivity index (χ1n) is 15.8. The van der Waals surface area contributed by atoms with Crippen LogP contribution < -0.4 is 9.80 Å². The van der Waals surface area contributed by atoms with Crippen LogP contribution in [-0.4, -0.2) is 38.4 Å². The monoisotopic (exact) mass is 643 g/mol. The number of anilines is 2. The molecule has 10 heteroatoms. The highest BCUT2D eigenvalue weighted by Crippen LogP contribution is 2.37. The molecule has 10 nitrogen and oxygen atoms in total. The van der Waals surface area contributed by atoms with Crippen LogP contribution >= 0.6 is 0 Å². The van der Waals surface area contributed by atoms with Crippen molar-refractivity contribution in [1.82, 2.24) is 14.8 Å². The lowest BCUT2D eigenvalue weighted by molar-refractivity contribution is 0.0906. The zero-order valence-electron chi connectivity index (χ0n) is 26.3. The second-order valence-corrected chi connectivity index (χ2v) is 12.1. The van der Waals surface area contributed by atoms with Crippen molar-refractivity contribution in [3.05, 3.63) is 131 Å². The third-order valence-corrected chi connectivity index (χ3v) is 9.34. The number of aromatic nitrogens is 3. The zero-order valence-corrected chi connectivity index (χ0v) is 26.3. The molecule has 0 unspecified atom stereocenters. The number of fused-ring (bicyclic) bond motifs is 5. The first-order chi connectivity index (χ1) is 23.8. The summed E-state index contributed by atoms with van der Waals surface area (Å²) in [7, 11) is 0. The van der Waals surface area contributed by atoms with Crippen LogP contribution in [0.4, 0.5) is 11.7 Å². The number of aryl methyl sites for hydroxylation is 2. The van der Waals surface area contributed by atoms with Gasteiger partial charge in [-0.1, -0.05) is 53.1 Å². The molecular weight excluding hydrogens is 618 g/mol. The van der Waals surface area contributed by atoms with Gasteiger partial charge in [0.05, 0.1) is 27.9 Å². The SMILES string of the molecule is CCn1c2ccccc2c2cc(N3C(=O)c4ccc(-c5ccc6c(c5)C(=O)N(c5nnc(-c7ccc(C)cc7)o5)C6=O)cc4C3=O)ccc21. The van der Waals surface area contributed by atoms with E-state index in [4.69, 9.17) is 4.42 Å². The second-order valence-electron chi connectivity index (χ2n) is 12.1. The van der Waals surface area contributed by atoms with Crippen LogP contribution in [-0.2, 0) is 6.54 Å². The molecule has 4 heterocycles. The highest BCUT2D eigenvalue weighted by molar-refractivity contribution is 6.35. The number of carbonyl (C=O) groups is 4. The van der Waals surface area contributed by atoms with E-state index in [1.54, 1.807) is 42.5 Å². The van der Waals surface area contributed by atoms with Crippen molar-refractivity contribution >= 4 is 57.1 Å². The highest BCUT2D eigenvalue weighted by atomic mass is 16.4. The van der Waals surface area contributed by atoms with Gasteiger partial charge in [0.15, 0.2) is 0 Å². The van der Waals surface area contributed by atoms with E-state index >= 15 is 0 Å². The summed E-state index contributed by atoms with van der Waals surface area (Å²) in [5.41, 5.74) is 6.47. The van der Waals surface area contributed by atoms with Crippen LogP contribution in [0.2, 0.25) is 0 Å². The molecule has 49 heavy (non-hydrogen) atoms. The fraction of sp³-hybridized carbons (Fsp3) is 0.0769. The first-order valence-corrected chi connectivity index (χ1v) is 15.8. The molecule has 2 aliphatic rings. The van der Waals surface area contributed by atoms with E-state index in [1.165, 1.54) is 4.90 Å². The van der Waals surface area contributed by atoms with Crippen LogP contribution in [0.3, 0.4) is 0 Å². The van der Waals surface area contributed by atoms with Gasteiger partial charge in [0.25, 0.3) is 23.6 Å².